The lowest BCUT2D eigenvalue weighted by molar-refractivity contribution is -0.217. The molecule has 3 saturated heterocycles. The molecule has 9 atom stereocenters. The Kier molecular flexibility index (Phi) is 5.63. The van der Waals surface area contributed by atoms with Gasteiger partial charge in [-0.1, -0.05) is 0 Å². The largest absolute Gasteiger partial charge is 0.459 e. The van der Waals surface area contributed by atoms with Crippen molar-refractivity contribution in [2.75, 3.05) is 19.8 Å². The highest BCUT2D eigenvalue weighted by atomic mass is 16.6. The first kappa shape index (κ1) is 21.1. The maximum Gasteiger partial charge on any atom is 0.306 e. The first-order valence-electron chi connectivity index (χ1n) is 11.8. The minimum atomic E-state index is -0.581. The molecule has 9 unspecified atom stereocenters. The van der Waals surface area contributed by atoms with Gasteiger partial charge < -0.3 is 28.8 Å². The molecule has 5 rings (SSSR count). The molecule has 0 radical (unpaired) electrons. The van der Waals surface area contributed by atoms with Gasteiger partial charge in [0.1, 0.15) is 11.7 Å². The Labute approximate surface area is 178 Å². The SMILES string of the molecule is CC1(C2CCC(C)(OC3CCC(C4CO4)CC3O)C(OC(=O)CCC3CO3)C2)CO1. The van der Waals surface area contributed by atoms with Gasteiger partial charge in [0, 0.05) is 6.42 Å². The van der Waals surface area contributed by atoms with Crippen molar-refractivity contribution in [3.63, 3.8) is 0 Å². The van der Waals surface area contributed by atoms with Gasteiger partial charge in [0.2, 0.25) is 0 Å². The minimum Gasteiger partial charge on any atom is -0.459 e. The minimum absolute atomic E-state index is 0.0876. The number of aliphatic hydroxyl groups excluding tert-OH is 1. The molecule has 0 aromatic carbocycles. The summed E-state index contributed by atoms with van der Waals surface area (Å²) in [7, 11) is 0. The van der Waals surface area contributed by atoms with E-state index in [-0.39, 0.29) is 29.9 Å². The van der Waals surface area contributed by atoms with Gasteiger partial charge in [-0.2, -0.15) is 0 Å². The molecule has 0 aromatic rings. The second-order valence-corrected chi connectivity index (χ2v) is 10.5. The molecule has 3 heterocycles. The summed E-state index contributed by atoms with van der Waals surface area (Å²) in [6, 6.07) is 0. The number of hydrogen-bond donors (Lipinski definition) is 1. The van der Waals surface area contributed by atoms with Crippen LogP contribution < -0.4 is 0 Å². The average molecular weight is 425 g/mol. The van der Waals surface area contributed by atoms with Gasteiger partial charge >= 0.3 is 5.97 Å². The van der Waals surface area contributed by atoms with E-state index in [1.54, 1.807) is 0 Å². The monoisotopic (exact) mass is 424 g/mol. The molecule has 30 heavy (non-hydrogen) atoms. The van der Waals surface area contributed by atoms with Crippen LogP contribution in [0.4, 0.5) is 0 Å². The molecule has 0 spiro atoms. The average Bonchev–Trinajstić information content (AvgIpc) is 3.57. The third-order valence-corrected chi connectivity index (χ3v) is 8.08. The van der Waals surface area contributed by atoms with Crippen molar-refractivity contribution in [2.24, 2.45) is 11.8 Å². The Morgan fingerprint density at radius 3 is 2.53 bits per heavy atom. The van der Waals surface area contributed by atoms with Gasteiger partial charge in [-0.25, -0.2) is 0 Å². The van der Waals surface area contributed by atoms with Crippen LogP contribution in [0.5, 0.6) is 0 Å². The van der Waals surface area contributed by atoms with Crippen molar-refractivity contribution in [3.8, 4) is 0 Å². The smallest absolute Gasteiger partial charge is 0.306 e. The second-order valence-electron chi connectivity index (χ2n) is 10.5. The summed E-state index contributed by atoms with van der Waals surface area (Å²) in [6.07, 6.45) is 5.74. The van der Waals surface area contributed by atoms with E-state index in [0.717, 1.165) is 64.8 Å². The summed E-state index contributed by atoms with van der Waals surface area (Å²) in [5, 5.41) is 10.8. The Morgan fingerprint density at radius 1 is 1.13 bits per heavy atom. The number of hydrogen-bond acceptors (Lipinski definition) is 7. The Balaban J connectivity index is 1.23. The quantitative estimate of drug-likeness (QED) is 0.472. The maximum atomic E-state index is 12.6. The molecule has 7 heteroatoms. The molecule has 170 valence electrons. The van der Waals surface area contributed by atoms with Gasteiger partial charge in [-0.05, 0) is 70.6 Å². The number of ether oxygens (including phenoxy) is 5. The molecule has 2 saturated carbocycles. The van der Waals surface area contributed by atoms with Gasteiger partial charge in [0.25, 0.3) is 0 Å². The van der Waals surface area contributed by atoms with Crippen LogP contribution in [0.15, 0.2) is 0 Å². The summed E-state index contributed by atoms with van der Waals surface area (Å²) < 4.78 is 28.9. The maximum absolute atomic E-state index is 12.6. The number of aliphatic hydroxyl groups is 1. The van der Waals surface area contributed by atoms with E-state index in [1.165, 1.54) is 0 Å². The van der Waals surface area contributed by atoms with E-state index >= 15 is 0 Å². The molecule has 1 N–H and O–H groups in total. The van der Waals surface area contributed by atoms with Crippen LogP contribution in [0.3, 0.4) is 0 Å². The van der Waals surface area contributed by atoms with Crippen molar-refractivity contribution >= 4 is 5.97 Å². The first-order chi connectivity index (χ1) is 14.3. The third kappa shape index (κ3) is 4.70. The van der Waals surface area contributed by atoms with Gasteiger partial charge in [-0.3, -0.25) is 4.79 Å². The van der Waals surface area contributed by atoms with E-state index in [2.05, 4.69) is 13.8 Å². The molecule has 3 aliphatic heterocycles. The number of rotatable bonds is 8. The van der Waals surface area contributed by atoms with E-state index in [9.17, 15) is 9.90 Å². The summed E-state index contributed by atoms with van der Waals surface area (Å²) in [6.45, 7) is 6.56. The van der Waals surface area contributed by atoms with Crippen molar-refractivity contribution in [2.45, 2.75) is 107 Å². The lowest BCUT2D eigenvalue weighted by Gasteiger charge is -2.47. The first-order valence-corrected chi connectivity index (χ1v) is 11.8. The zero-order valence-electron chi connectivity index (χ0n) is 18.2. The molecular weight excluding hydrogens is 388 g/mol. The summed E-state index contributed by atoms with van der Waals surface area (Å²) in [5.74, 6) is 0.628. The fourth-order valence-corrected chi connectivity index (χ4v) is 5.49. The van der Waals surface area contributed by atoms with Crippen molar-refractivity contribution in [3.05, 3.63) is 0 Å². The standard InChI is InChI=1S/C23H36O7/c1-22(30-18-5-3-14(9-17(18)24)19-12-27-19)8-7-15(23(2)13-28-23)10-20(22)29-21(25)6-4-16-11-26-16/h14-20,24H,3-13H2,1-2H3. The highest BCUT2D eigenvalue weighted by Crippen LogP contribution is 2.48. The predicted octanol–water partition coefficient (Wildman–Crippen LogP) is 2.37. The molecule has 5 aliphatic rings. The van der Waals surface area contributed by atoms with Crippen LogP contribution in [0.2, 0.25) is 0 Å². The summed E-state index contributed by atoms with van der Waals surface area (Å²) in [5.41, 5.74) is -0.669. The molecule has 0 bridgehead atoms. The number of epoxide rings is 3. The topological polar surface area (TPSA) is 93.3 Å². The van der Waals surface area contributed by atoms with E-state index < -0.39 is 11.7 Å². The molecule has 5 fully saturated rings. The van der Waals surface area contributed by atoms with Crippen molar-refractivity contribution < 1.29 is 33.6 Å². The van der Waals surface area contributed by atoms with Crippen molar-refractivity contribution in [1.29, 1.82) is 0 Å². The Bertz CT molecular complexity index is 641. The normalized spacial score (nSPS) is 50.0. The van der Waals surface area contributed by atoms with Crippen molar-refractivity contribution in [1.82, 2.24) is 0 Å². The van der Waals surface area contributed by atoms with E-state index in [0.29, 0.717) is 24.4 Å². The van der Waals surface area contributed by atoms with Gasteiger partial charge in [-0.15, -0.1) is 0 Å². The molecule has 7 nitrogen and oxygen atoms in total. The van der Waals surface area contributed by atoms with E-state index in [4.69, 9.17) is 23.7 Å². The molecule has 0 aromatic heterocycles. The van der Waals surface area contributed by atoms with E-state index in [1.807, 2.05) is 0 Å². The van der Waals surface area contributed by atoms with Crippen LogP contribution in [0.1, 0.15) is 65.2 Å². The Morgan fingerprint density at radius 2 is 1.90 bits per heavy atom. The van der Waals surface area contributed by atoms with Crippen LogP contribution >= 0.6 is 0 Å². The highest BCUT2D eigenvalue weighted by molar-refractivity contribution is 5.69. The lowest BCUT2D eigenvalue weighted by atomic mass is 9.72. The van der Waals surface area contributed by atoms with Crippen LogP contribution in [0, 0.1) is 11.8 Å². The number of carbonyl (C=O) groups is 1. The molecular formula is C23H36O7. The Hall–Kier alpha value is -0.730. The van der Waals surface area contributed by atoms with Gasteiger partial charge in [0.15, 0.2) is 0 Å². The van der Waals surface area contributed by atoms with Crippen LogP contribution in [0.25, 0.3) is 0 Å². The third-order valence-electron chi connectivity index (χ3n) is 8.08. The summed E-state index contributed by atoms with van der Waals surface area (Å²) in [4.78, 5) is 12.6. The fourth-order valence-electron chi connectivity index (χ4n) is 5.49. The zero-order valence-corrected chi connectivity index (χ0v) is 18.2. The second kappa shape index (κ2) is 8.00. The van der Waals surface area contributed by atoms with Crippen LogP contribution in [-0.4, -0.2) is 72.6 Å². The number of carbonyl (C=O) groups excluding carboxylic acids is 1. The predicted molar refractivity (Wildman–Crippen MR) is 107 cm³/mol. The molecule has 0 amide bonds. The highest BCUT2D eigenvalue weighted by Gasteiger charge is 2.55. The fraction of sp³-hybridized carbons (Fsp3) is 0.957. The molecule has 2 aliphatic carbocycles. The summed E-state index contributed by atoms with van der Waals surface area (Å²) >= 11 is 0. The number of esters is 1. The lowest BCUT2D eigenvalue weighted by Crippen LogP contribution is -2.54. The zero-order chi connectivity index (χ0) is 20.9. The van der Waals surface area contributed by atoms with Crippen LogP contribution in [-0.2, 0) is 28.5 Å². The van der Waals surface area contributed by atoms with Gasteiger partial charge in [0.05, 0.1) is 49.8 Å².